The quantitative estimate of drug-likeness (QED) is 0.0229. The van der Waals surface area contributed by atoms with Crippen molar-refractivity contribution in [2.45, 2.75) is 65.1 Å². The topological polar surface area (TPSA) is 304 Å². The van der Waals surface area contributed by atoms with Crippen LogP contribution in [0.5, 0.6) is 11.5 Å². The van der Waals surface area contributed by atoms with Gasteiger partial charge in [0.15, 0.2) is 27.9 Å². The smallest absolute Gasteiger partial charge is 0.420 e. The second-order valence-corrected chi connectivity index (χ2v) is 30.0. The lowest BCUT2D eigenvalue weighted by molar-refractivity contribution is -0.665. The summed E-state index contributed by atoms with van der Waals surface area (Å²) in [4.78, 5) is 102. The molecular formula is C83H87F6N23O6+2. The van der Waals surface area contributed by atoms with Crippen molar-refractivity contribution in [2.24, 2.45) is 0 Å². The number of aromatic nitrogens is 12. The Hall–Kier alpha value is -13.2. The van der Waals surface area contributed by atoms with Crippen molar-refractivity contribution in [1.82, 2.24) is 65.0 Å². The molecule has 6 aromatic heterocycles. The Morgan fingerprint density at radius 1 is 0.542 bits per heavy atom. The lowest BCUT2D eigenvalue weighted by Gasteiger charge is -2.32. The van der Waals surface area contributed by atoms with E-state index >= 15 is 0 Å². The van der Waals surface area contributed by atoms with Gasteiger partial charge in [-0.2, -0.15) is 26.3 Å². The summed E-state index contributed by atoms with van der Waals surface area (Å²) in [7, 11) is 10.1. The number of methoxy groups -OCH3 is 2. The van der Waals surface area contributed by atoms with Crippen LogP contribution in [0.15, 0.2) is 153 Å². The zero-order chi connectivity index (χ0) is 83.3. The van der Waals surface area contributed by atoms with E-state index in [2.05, 4.69) is 89.6 Å². The average molecular weight is 1620 g/mol. The highest BCUT2D eigenvalue weighted by Gasteiger charge is 2.37. The van der Waals surface area contributed by atoms with Gasteiger partial charge in [0.2, 0.25) is 17.8 Å². The van der Waals surface area contributed by atoms with E-state index in [0.29, 0.717) is 138 Å². The van der Waals surface area contributed by atoms with E-state index in [1.807, 2.05) is 72.6 Å². The molecule has 0 bridgehead atoms. The minimum Gasteiger partial charge on any atom is -0.496 e. The fourth-order valence-corrected chi connectivity index (χ4v) is 13.5. The SMILES string of the molecule is COc1ccc(NC(=O)c2ccc(C[n+]3cnc(Nc4cc(C(=O)Nc5ccc(OC)c(C(F)(F)F)c5)ccc4C[n+]4cnc(Nc5cc(C(=O)NCc6cccc(C(C)(C)C)c6)ccc5C)c5nc(N(C)CCN(C)C)ncc54)c4nc(N5CCOCC5)ncc43)c(Nc3ncnc4cnc(N5CCN(C)CC5)nc34)c2)cc1C(F)(F)F. The number of hydrogen-bond acceptors (Lipinski definition) is 24. The van der Waals surface area contributed by atoms with Crippen molar-refractivity contribution in [3.8, 4) is 11.5 Å². The minimum absolute atomic E-state index is 0.00996. The van der Waals surface area contributed by atoms with Crippen molar-refractivity contribution >= 4 is 115 Å². The van der Waals surface area contributed by atoms with Crippen molar-refractivity contribution in [3.63, 3.8) is 0 Å². The first-order chi connectivity index (χ1) is 56.5. The van der Waals surface area contributed by atoms with Gasteiger partial charge in [-0.25, -0.2) is 49.0 Å². The number of piperazine rings is 1. The molecule has 12 aromatic rings. The summed E-state index contributed by atoms with van der Waals surface area (Å²) in [5.41, 5.74) is 5.36. The zero-order valence-electron chi connectivity index (χ0n) is 66.4. The molecule has 118 heavy (non-hydrogen) atoms. The Kier molecular flexibility index (Phi) is 23.7. The monoisotopic (exact) mass is 1620 g/mol. The van der Waals surface area contributed by atoms with Gasteiger partial charge in [-0.3, -0.25) is 14.4 Å². The second kappa shape index (κ2) is 34.3. The van der Waals surface area contributed by atoms with E-state index in [1.54, 1.807) is 66.1 Å². The lowest BCUT2D eigenvalue weighted by atomic mass is 9.86. The number of benzene rings is 6. The van der Waals surface area contributed by atoms with Gasteiger partial charge >= 0.3 is 12.4 Å². The van der Waals surface area contributed by atoms with Crippen LogP contribution in [0.1, 0.15) is 90.8 Å². The molecular weight excluding hydrogens is 1530 g/mol. The van der Waals surface area contributed by atoms with Gasteiger partial charge < -0.3 is 70.6 Å². The molecule has 35 heteroatoms. The summed E-state index contributed by atoms with van der Waals surface area (Å²) in [5, 5.41) is 18.8. The van der Waals surface area contributed by atoms with Crippen LogP contribution in [0.2, 0.25) is 0 Å². The fraction of sp³-hybridized carbons (Fsp3) is 0.313. The van der Waals surface area contributed by atoms with Crippen molar-refractivity contribution in [1.29, 1.82) is 0 Å². The third-order valence-electron chi connectivity index (χ3n) is 20.4. The van der Waals surface area contributed by atoms with E-state index < -0.39 is 46.8 Å². The maximum absolute atomic E-state index is 14.6. The summed E-state index contributed by atoms with van der Waals surface area (Å²) >= 11 is 0. The summed E-state index contributed by atoms with van der Waals surface area (Å²) in [6.45, 7) is 14.4. The molecule has 3 amide bonds. The molecule has 0 spiro atoms. The number of alkyl halides is 6. The highest BCUT2D eigenvalue weighted by molar-refractivity contribution is 6.06. The van der Waals surface area contributed by atoms with E-state index in [-0.39, 0.29) is 69.8 Å². The highest BCUT2D eigenvalue weighted by Crippen LogP contribution is 2.41. The number of halogens is 6. The third-order valence-corrected chi connectivity index (χ3v) is 20.4. The highest BCUT2D eigenvalue weighted by atomic mass is 19.4. The summed E-state index contributed by atoms with van der Waals surface area (Å²) in [6.07, 6.45) is -0.223. The number of nitrogens with one attached hydrogen (secondary N) is 6. The molecule has 2 aliphatic heterocycles. The predicted octanol–water partition coefficient (Wildman–Crippen LogP) is 11.7. The Balaban J connectivity index is 0.860. The molecule has 8 heterocycles. The number of rotatable bonds is 25. The van der Waals surface area contributed by atoms with Gasteiger partial charge in [0.25, 0.3) is 42.0 Å². The number of ether oxygens (including phenoxy) is 3. The molecule has 2 fully saturated rings. The molecule has 0 saturated carbocycles. The largest absolute Gasteiger partial charge is 0.496 e. The Morgan fingerprint density at radius 2 is 1.06 bits per heavy atom. The number of likely N-dealkylation sites (N-methyl/N-ethyl adjacent to an activating group) is 3. The molecule has 29 nitrogen and oxygen atoms in total. The van der Waals surface area contributed by atoms with Gasteiger partial charge in [0.05, 0.1) is 57.2 Å². The van der Waals surface area contributed by atoms with E-state index in [4.69, 9.17) is 49.1 Å². The molecule has 0 unspecified atom stereocenters. The molecule has 6 N–H and O–H groups in total. The molecule has 610 valence electrons. The first-order valence-corrected chi connectivity index (χ1v) is 37.9. The number of aryl methyl sites for hydroxylation is 1. The van der Waals surface area contributed by atoms with Crippen LogP contribution in [0.3, 0.4) is 0 Å². The minimum atomic E-state index is -4.83. The molecule has 0 atom stereocenters. The van der Waals surface area contributed by atoms with Gasteiger partial charge in [-0.05, 0) is 133 Å². The molecule has 2 aliphatic rings. The van der Waals surface area contributed by atoms with Crippen LogP contribution in [-0.4, -0.2) is 185 Å². The van der Waals surface area contributed by atoms with Crippen LogP contribution in [0, 0.1) is 6.92 Å². The van der Waals surface area contributed by atoms with Gasteiger partial charge in [0, 0.05) is 122 Å². The molecule has 0 radical (unpaired) electrons. The van der Waals surface area contributed by atoms with Crippen LogP contribution >= 0.6 is 0 Å². The lowest BCUT2D eigenvalue weighted by Crippen LogP contribution is -2.45. The fourth-order valence-electron chi connectivity index (χ4n) is 13.5. The maximum atomic E-state index is 14.6. The van der Waals surface area contributed by atoms with Crippen LogP contribution in [0.4, 0.5) is 90.1 Å². The van der Waals surface area contributed by atoms with Gasteiger partial charge in [-0.1, -0.05) is 63.2 Å². The Morgan fingerprint density at radius 3 is 1.63 bits per heavy atom. The van der Waals surface area contributed by atoms with Crippen molar-refractivity contribution in [2.75, 3.05) is 149 Å². The number of carbonyl (C=O) groups excluding carboxylic acids is 3. The first kappa shape index (κ1) is 81.4. The van der Waals surface area contributed by atoms with E-state index in [1.165, 1.54) is 36.7 Å². The Labute approximate surface area is 674 Å². The number of nitrogens with zero attached hydrogens (tertiary/aromatic N) is 17. The van der Waals surface area contributed by atoms with E-state index in [0.717, 1.165) is 68.3 Å². The number of hydrogen-bond donors (Lipinski definition) is 6. The maximum Gasteiger partial charge on any atom is 0.420 e. The van der Waals surface area contributed by atoms with Crippen LogP contribution < -0.4 is 65.2 Å². The number of carbonyl (C=O) groups is 3. The number of morpholine rings is 1. The summed E-state index contributed by atoms with van der Waals surface area (Å²) in [6, 6.07) is 29.5. The number of fused-ring (bicyclic) bond motifs is 3. The molecule has 2 saturated heterocycles. The normalized spacial score (nSPS) is 13.6. The third kappa shape index (κ3) is 18.7. The molecule has 14 rings (SSSR count). The van der Waals surface area contributed by atoms with E-state index in [9.17, 15) is 40.7 Å². The number of amides is 3. The average Bonchev–Trinajstić information content (AvgIpc) is 0.770. The molecule has 0 aliphatic carbocycles. The second-order valence-electron chi connectivity index (χ2n) is 30.0. The standard InChI is InChI=1S/C83H85F6N23O6/c1-49-14-15-51(75(113)90-40-50-12-11-13-56(34-50)81(2,3)4)35-61(49)100-73-70-65(42-92-78(104-70)108(8)27-24-106(5)6)111(47-96-73)45-55-19-17-53(77(115)99-58-21-23-68(117-10)60(39-58)83(87,88)89)37-63(55)102-74-71-66(43-93-80(105-71)110-30-32-118-33-31-110)112(48-97-74)44-54-18-16-52(76(114)98-57-20-22-67(116-9)59(38-57)82(84,85)86)36-62(54)101-72-69-64(94-46-95-72)41-91-79(103-69)109-28-25-107(7)26-29-109/h11-23,34-39,41-43,46-48H,24-33,40,44-45H2,1-10H3,(H4,90,94,95,98,99,101,113,114,115)/p+2. The van der Waals surface area contributed by atoms with Crippen LogP contribution in [-0.2, 0) is 42.1 Å². The van der Waals surface area contributed by atoms with Crippen molar-refractivity contribution in [3.05, 3.63) is 208 Å². The summed E-state index contributed by atoms with van der Waals surface area (Å²) in [5.74, 6) is -0.773. The Bertz CT molecular complexity index is 5780. The molecule has 6 aromatic carbocycles. The summed E-state index contributed by atoms with van der Waals surface area (Å²) < 4.78 is 106. The van der Waals surface area contributed by atoms with Crippen molar-refractivity contribution < 1.29 is 64.1 Å². The van der Waals surface area contributed by atoms with Gasteiger partial charge in [-0.15, -0.1) is 0 Å². The number of anilines is 11. The zero-order valence-corrected chi connectivity index (χ0v) is 66.4. The predicted molar refractivity (Wildman–Crippen MR) is 435 cm³/mol. The van der Waals surface area contributed by atoms with Gasteiger partial charge in [0.1, 0.15) is 41.9 Å². The van der Waals surface area contributed by atoms with Crippen LogP contribution in [0.25, 0.3) is 33.1 Å². The first-order valence-electron chi connectivity index (χ1n) is 37.9.